The van der Waals surface area contributed by atoms with Gasteiger partial charge in [-0.1, -0.05) is 0 Å². The molecule has 7 heteroatoms. The zero-order valence-electron chi connectivity index (χ0n) is 14.7. The molecule has 0 amide bonds. The quantitative estimate of drug-likeness (QED) is 0.786. The lowest BCUT2D eigenvalue weighted by atomic mass is 10.0. The van der Waals surface area contributed by atoms with Crippen molar-refractivity contribution >= 4 is 16.9 Å². The minimum atomic E-state index is 0.436. The highest BCUT2D eigenvalue weighted by Crippen LogP contribution is 2.23. The monoisotopic (exact) mass is 337 g/mol. The van der Waals surface area contributed by atoms with E-state index < -0.39 is 0 Å². The molecule has 0 atom stereocenters. The van der Waals surface area contributed by atoms with E-state index in [4.69, 9.17) is 0 Å². The summed E-state index contributed by atoms with van der Waals surface area (Å²) in [6.07, 6.45) is 7.78. The zero-order chi connectivity index (χ0) is 17.2. The minimum Gasteiger partial charge on any atom is -0.367 e. The number of hydrogen-bond donors (Lipinski definition) is 1. The van der Waals surface area contributed by atoms with Crippen LogP contribution in [0, 0.1) is 6.92 Å². The van der Waals surface area contributed by atoms with Gasteiger partial charge in [0.2, 0.25) is 0 Å². The first-order valence-electron chi connectivity index (χ1n) is 8.73. The van der Waals surface area contributed by atoms with Crippen molar-refractivity contribution in [2.45, 2.75) is 32.4 Å². The second-order valence-electron chi connectivity index (χ2n) is 6.68. The highest BCUT2D eigenvalue weighted by atomic mass is 15.3. The van der Waals surface area contributed by atoms with Gasteiger partial charge in [-0.05, 0) is 37.5 Å². The number of aryl methyl sites for hydroxylation is 2. The van der Waals surface area contributed by atoms with Crippen LogP contribution in [0.25, 0.3) is 11.0 Å². The SMILES string of the molecule is Cc1nc(NC2CCN(Cc3ccncc3)CC2)c2cnn(C)c2n1. The lowest BCUT2D eigenvalue weighted by molar-refractivity contribution is 0.211. The third-order valence-corrected chi connectivity index (χ3v) is 4.79. The predicted octanol–water partition coefficient (Wildman–Crippen LogP) is 2.14. The fourth-order valence-corrected chi connectivity index (χ4v) is 3.42. The molecule has 0 aromatic carbocycles. The smallest absolute Gasteiger partial charge is 0.163 e. The van der Waals surface area contributed by atoms with Crippen molar-refractivity contribution in [3.05, 3.63) is 42.1 Å². The van der Waals surface area contributed by atoms with E-state index in [0.29, 0.717) is 6.04 Å². The zero-order valence-corrected chi connectivity index (χ0v) is 14.7. The molecule has 1 aliphatic heterocycles. The average molecular weight is 337 g/mol. The van der Waals surface area contributed by atoms with Crippen LogP contribution < -0.4 is 5.32 Å². The summed E-state index contributed by atoms with van der Waals surface area (Å²) in [5.74, 6) is 1.68. The molecule has 3 aromatic rings. The number of fused-ring (bicyclic) bond motifs is 1. The Hall–Kier alpha value is -2.54. The van der Waals surface area contributed by atoms with E-state index in [-0.39, 0.29) is 0 Å². The van der Waals surface area contributed by atoms with Crippen molar-refractivity contribution in [3.8, 4) is 0 Å². The molecule has 4 heterocycles. The topological polar surface area (TPSA) is 71.8 Å². The summed E-state index contributed by atoms with van der Waals surface area (Å²) in [5, 5.41) is 8.92. The highest BCUT2D eigenvalue weighted by Gasteiger charge is 2.21. The molecule has 0 spiro atoms. The Morgan fingerprint density at radius 2 is 1.92 bits per heavy atom. The molecule has 0 aliphatic carbocycles. The maximum Gasteiger partial charge on any atom is 0.163 e. The molecule has 130 valence electrons. The van der Waals surface area contributed by atoms with E-state index in [1.54, 1.807) is 4.68 Å². The van der Waals surface area contributed by atoms with E-state index in [0.717, 1.165) is 55.2 Å². The number of aromatic nitrogens is 5. The summed E-state index contributed by atoms with van der Waals surface area (Å²) in [5.41, 5.74) is 2.20. The Morgan fingerprint density at radius 3 is 2.68 bits per heavy atom. The van der Waals surface area contributed by atoms with Crippen LogP contribution >= 0.6 is 0 Å². The second kappa shape index (κ2) is 6.76. The number of hydrogen-bond acceptors (Lipinski definition) is 6. The largest absolute Gasteiger partial charge is 0.367 e. The Kier molecular flexibility index (Phi) is 4.31. The molecule has 25 heavy (non-hydrogen) atoms. The second-order valence-corrected chi connectivity index (χ2v) is 6.68. The first-order valence-corrected chi connectivity index (χ1v) is 8.73. The van der Waals surface area contributed by atoms with Crippen molar-refractivity contribution in [3.63, 3.8) is 0 Å². The Labute approximate surface area is 147 Å². The maximum atomic E-state index is 4.60. The predicted molar refractivity (Wildman–Crippen MR) is 97.2 cm³/mol. The van der Waals surface area contributed by atoms with Gasteiger partial charge in [-0.15, -0.1) is 0 Å². The lowest BCUT2D eigenvalue weighted by Gasteiger charge is -2.32. The maximum absolute atomic E-state index is 4.60. The normalized spacial score (nSPS) is 16.4. The van der Waals surface area contributed by atoms with E-state index in [9.17, 15) is 0 Å². The third kappa shape index (κ3) is 3.46. The van der Waals surface area contributed by atoms with Crippen LogP contribution in [-0.4, -0.2) is 48.8 Å². The molecule has 0 saturated carbocycles. The van der Waals surface area contributed by atoms with Gasteiger partial charge < -0.3 is 5.32 Å². The van der Waals surface area contributed by atoms with Gasteiger partial charge in [-0.2, -0.15) is 5.10 Å². The highest BCUT2D eigenvalue weighted by molar-refractivity contribution is 5.86. The Morgan fingerprint density at radius 1 is 1.16 bits per heavy atom. The average Bonchev–Trinajstić information content (AvgIpc) is 2.99. The van der Waals surface area contributed by atoms with Gasteiger partial charge in [0, 0.05) is 45.1 Å². The number of nitrogens with zero attached hydrogens (tertiary/aromatic N) is 6. The number of piperidine rings is 1. The van der Waals surface area contributed by atoms with Crippen LogP contribution in [0.4, 0.5) is 5.82 Å². The molecule has 4 rings (SSSR count). The first kappa shape index (κ1) is 16.0. The van der Waals surface area contributed by atoms with Gasteiger partial charge in [-0.25, -0.2) is 9.97 Å². The van der Waals surface area contributed by atoms with Gasteiger partial charge in [-0.3, -0.25) is 14.6 Å². The molecule has 1 saturated heterocycles. The number of rotatable bonds is 4. The molecule has 1 N–H and O–H groups in total. The van der Waals surface area contributed by atoms with E-state index in [1.165, 1.54) is 5.56 Å². The van der Waals surface area contributed by atoms with Crippen molar-refractivity contribution in [2.75, 3.05) is 18.4 Å². The summed E-state index contributed by atoms with van der Waals surface area (Å²) in [4.78, 5) is 15.7. The number of pyridine rings is 1. The van der Waals surface area contributed by atoms with Gasteiger partial charge in [0.05, 0.1) is 11.6 Å². The van der Waals surface area contributed by atoms with Gasteiger partial charge >= 0.3 is 0 Å². The summed E-state index contributed by atoms with van der Waals surface area (Å²) in [6, 6.07) is 4.62. The lowest BCUT2D eigenvalue weighted by Crippen LogP contribution is -2.38. The van der Waals surface area contributed by atoms with Crippen molar-refractivity contribution in [2.24, 2.45) is 7.05 Å². The molecule has 3 aromatic heterocycles. The summed E-state index contributed by atoms with van der Waals surface area (Å²) in [7, 11) is 1.91. The summed E-state index contributed by atoms with van der Waals surface area (Å²) < 4.78 is 1.80. The van der Waals surface area contributed by atoms with Gasteiger partial charge in [0.1, 0.15) is 11.6 Å². The minimum absolute atomic E-state index is 0.436. The molecule has 7 nitrogen and oxygen atoms in total. The molecule has 1 fully saturated rings. The fraction of sp³-hybridized carbons (Fsp3) is 0.444. The molecular weight excluding hydrogens is 314 g/mol. The molecular formula is C18H23N7. The van der Waals surface area contributed by atoms with E-state index in [1.807, 2.05) is 32.6 Å². The van der Waals surface area contributed by atoms with Crippen molar-refractivity contribution in [1.29, 1.82) is 0 Å². The van der Waals surface area contributed by atoms with Crippen LogP contribution in [-0.2, 0) is 13.6 Å². The molecule has 1 aliphatic rings. The Bertz CT molecular complexity index is 850. The van der Waals surface area contributed by atoms with Gasteiger partial charge in [0.25, 0.3) is 0 Å². The van der Waals surface area contributed by atoms with Crippen molar-refractivity contribution in [1.82, 2.24) is 29.6 Å². The number of likely N-dealkylation sites (tertiary alicyclic amines) is 1. The molecule has 0 bridgehead atoms. The first-order chi connectivity index (χ1) is 12.2. The number of nitrogens with one attached hydrogen (secondary N) is 1. The van der Waals surface area contributed by atoms with Crippen LogP contribution in [0.2, 0.25) is 0 Å². The van der Waals surface area contributed by atoms with Gasteiger partial charge in [0.15, 0.2) is 5.65 Å². The summed E-state index contributed by atoms with van der Waals surface area (Å²) in [6.45, 7) is 5.09. The van der Waals surface area contributed by atoms with Crippen LogP contribution in [0.3, 0.4) is 0 Å². The Balaban J connectivity index is 1.41. The van der Waals surface area contributed by atoms with E-state index >= 15 is 0 Å². The van der Waals surface area contributed by atoms with Crippen molar-refractivity contribution < 1.29 is 0 Å². The van der Waals surface area contributed by atoms with Crippen LogP contribution in [0.5, 0.6) is 0 Å². The third-order valence-electron chi connectivity index (χ3n) is 4.79. The molecule has 0 radical (unpaired) electrons. The van der Waals surface area contributed by atoms with E-state index in [2.05, 4.69) is 42.4 Å². The standard InChI is InChI=1S/C18H23N7/c1-13-21-17(16-11-20-24(2)18(16)22-13)23-15-5-9-25(10-6-15)12-14-3-7-19-8-4-14/h3-4,7-8,11,15H,5-6,9-10,12H2,1-2H3,(H,21,22,23). The fourth-order valence-electron chi connectivity index (χ4n) is 3.42. The summed E-state index contributed by atoms with van der Waals surface area (Å²) >= 11 is 0. The van der Waals surface area contributed by atoms with Crippen LogP contribution in [0.1, 0.15) is 24.2 Å². The number of anilines is 1. The molecule has 0 unspecified atom stereocenters. The van der Waals surface area contributed by atoms with Crippen LogP contribution in [0.15, 0.2) is 30.7 Å².